The summed E-state index contributed by atoms with van der Waals surface area (Å²) in [5, 5.41) is -0.616. The molecule has 3 aromatic rings. The van der Waals surface area contributed by atoms with Crippen LogP contribution in [0.3, 0.4) is 0 Å². The molecule has 4 aliphatic rings. The van der Waals surface area contributed by atoms with Crippen LogP contribution in [0.2, 0.25) is 5.02 Å². The summed E-state index contributed by atoms with van der Waals surface area (Å²) in [5.74, 6) is -1.05. The van der Waals surface area contributed by atoms with Gasteiger partial charge in [-0.25, -0.2) is 13.8 Å². The summed E-state index contributed by atoms with van der Waals surface area (Å²) < 4.78 is 91.5. The third kappa shape index (κ3) is 4.69. The molecule has 0 amide bonds. The van der Waals surface area contributed by atoms with Crippen molar-refractivity contribution < 1.29 is 36.2 Å². The number of pyridine rings is 1. The van der Waals surface area contributed by atoms with E-state index in [0.717, 1.165) is 31.5 Å². The molecule has 1 aromatic carbocycles. The first kappa shape index (κ1) is 28.5. The summed E-state index contributed by atoms with van der Waals surface area (Å²) in [4.78, 5) is 17.0. The molecule has 0 unspecified atom stereocenters. The van der Waals surface area contributed by atoms with Gasteiger partial charge < -0.3 is 24.8 Å². The summed E-state index contributed by atoms with van der Waals surface area (Å²) in [6.45, 7) is 1.79. The van der Waals surface area contributed by atoms with Gasteiger partial charge in [0.1, 0.15) is 41.3 Å². The van der Waals surface area contributed by atoms with Crippen LogP contribution in [0.1, 0.15) is 31.2 Å². The maximum absolute atomic E-state index is 16.5. The number of benzene rings is 1. The first-order chi connectivity index (χ1) is 20.4. The highest BCUT2D eigenvalue weighted by atomic mass is 35.5. The minimum atomic E-state index is -4.95. The molecular weight excluding hydrogens is 599 g/mol. The molecule has 15 heteroatoms. The third-order valence-corrected chi connectivity index (χ3v) is 9.25. The fourth-order valence-corrected chi connectivity index (χ4v) is 7.27. The Morgan fingerprint density at radius 3 is 2.84 bits per heavy atom. The van der Waals surface area contributed by atoms with Crippen LogP contribution in [0.25, 0.3) is 22.2 Å². The molecule has 3 saturated heterocycles. The zero-order valence-electron chi connectivity index (χ0n) is 23.1. The molecule has 4 atom stereocenters. The number of hydrogen-bond donors (Lipinski definition) is 1. The van der Waals surface area contributed by atoms with Crippen molar-refractivity contribution in [2.75, 3.05) is 50.6 Å². The number of rotatable bonds is 4. The van der Waals surface area contributed by atoms with Crippen LogP contribution in [-0.2, 0) is 10.9 Å². The van der Waals surface area contributed by atoms with Crippen LogP contribution < -0.4 is 20.1 Å². The monoisotopic (exact) mass is 626 g/mol. The number of halogens is 6. The lowest BCUT2D eigenvalue weighted by Gasteiger charge is -2.35. The standard InChI is InChI=1S/C28H28ClF5N6O3/c1-39-17-11-41-6-3-18(17)43-25-19-23(21(31)22(36-25)15-7-14(35)8-16(29)20(15)28(32,33)34)37-26(38-24(19)39)42-12-27-4-2-5-40(27)10-13(30)9-27/h7-8,13,17-18H,2-6,9-12,35H2,1H3/t13-,17+,18+,27+/m1/s1. The number of nitrogens with two attached hydrogens (primary N) is 1. The molecule has 230 valence electrons. The van der Waals surface area contributed by atoms with Crippen molar-refractivity contribution in [3.05, 3.63) is 28.5 Å². The van der Waals surface area contributed by atoms with E-state index >= 15 is 4.39 Å². The number of ether oxygens (including phenoxy) is 3. The minimum absolute atomic E-state index is 0.0726. The zero-order valence-corrected chi connectivity index (χ0v) is 23.8. The van der Waals surface area contributed by atoms with E-state index in [-0.39, 0.29) is 53.6 Å². The van der Waals surface area contributed by atoms with E-state index in [4.69, 9.17) is 31.5 Å². The van der Waals surface area contributed by atoms with Crippen LogP contribution in [-0.4, -0.2) is 83.7 Å². The van der Waals surface area contributed by atoms with Crippen LogP contribution in [0, 0.1) is 5.82 Å². The predicted octanol–water partition coefficient (Wildman–Crippen LogP) is 5.03. The number of anilines is 2. The molecular formula is C28H28ClF5N6O3. The molecule has 3 fully saturated rings. The van der Waals surface area contributed by atoms with Gasteiger partial charge in [0.2, 0.25) is 5.88 Å². The van der Waals surface area contributed by atoms with E-state index in [0.29, 0.717) is 26.0 Å². The molecule has 43 heavy (non-hydrogen) atoms. The molecule has 0 saturated carbocycles. The Morgan fingerprint density at radius 2 is 2.05 bits per heavy atom. The van der Waals surface area contributed by atoms with E-state index in [1.54, 1.807) is 11.9 Å². The number of likely N-dealkylation sites (N-methyl/N-ethyl adjacent to an activating group) is 1. The maximum Gasteiger partial charge on any atom is 0.418 e. The Hall–Kier alpha value is -3.23. The van der Waals surface area contributed by atoms with E-state index < -0.39 is 51.7 Å². The molecule has 0 radical (unpaired) electrons. The lowest BCUT2D eigenvalue weighted by atomic mass is 9.95. The maximum atomic E-state index is 16.5. The second-order valence-electron chi connectivity index (χ2n) is 11.6. The first-order valence-electron chi connectivity index (χ1n) is 14.0. The van der Waals surface area contributed by atoms with Crippen molar-refractivity contribution in [1.29, 1.82) is 0 Å². The van der Waals surface area contributed by atoms with Crippen molar-refractivity contribution in [3.8, 4) is 23.1 Å². The Balaban J connectivity index is 1.41. The van der Waals surface area contributed by atoms with E-state index in [1.165, 1.54) is 0 Å². The number of fused-ring (bicyclic) bond motifs is 2. The quantitative estimate of drug-likeness (QED) is 0.316. The Bertz CT molecular complexity index is 1610. The second-order valence-corrected chi connectivity index (χ2v) is 12.0. The Labute approximate surface area is 248 Å². The van der Waals surface area contributed by atoms with Gasteiger partial charge in [-0.05, 0) is 31.5 Å². The summed E-state index contributed by atoms with van der Waals surface area (Å²) in [6.07, 6.45) is -4.05. The third-order valence-electron chi connectivity index (χ3n) is 8.95. The minimum Gasteiger partial charge on any atom is -0.471 e. The Kier molecular flexibility index (Phi) is 6.74. The van der Waals surface area contributed by atoms with Gasteiger partial charge in [0.25, 0.3) is 0 Å². The topological polar surface area (TPSA) is 98.9 Å². The largest absolute Gasteiger partial charge is 0.471 e. The summed E-state index contributed by atoms with van der Waals surface area (Å²) >= 11 is 5.99. The van der Waals surface area contributed by atoms with Crippen molar-refractivity contribution in [2.45, 2.75) is 55.7 Å². The highest BCUT2D eigenvalue weighted by Gasteiger charge is 2.49. The summed E-state index contributed by atoms with van der Waals surface area (Å²) in [6, 6.07) is 1.36. The van der Waals surface area contributed by atoms with Gasteiger partial charge in [0.15, 0.2) is 5.82 Å². The number of hydrogen-bond acceptors (Lipinski definition) is 9. The van der Waals surface area contributed by atoms with Crippen molar-refractivity contribution >= 4 is 34.0 Å². The molecule has 0 bridgehead atoms. The smallest absolute Gasteiger partial charge is 0.418 e. The van der Waals surface area contributed by atoms with Crippen molar-refractivity contribution in [1.82, 2.24) is 19.9 Å². The molecule has 2 aromatic heterocycles. The number of alkyl halides is 4. The van der Waals surface area contributed by atoms with Gasteiger partial charge >= 0.3 is 12.2 Å². The molecule has 6 heterocycles. The molecule has 0 aliphatic carbocycles. The van der Waals surface area contributed by atoms with Gasteiger partial charge in [0.05, 0.1) is 35.4 Å². The highest BCUT2D eigenvalue weighted by molar-refractivity contribution is 6.32. The van der Waals surface area contributed by atoms with Crippen LogP contribution >= 0.6 is 11.6 Å². The normalized spacial score (nSPS) is 27.1. The fourth-order valence-electron chi connectivity index (χ4n) is 6.94. The van der Waals surface area contributed by atoms with Crippen LogP contribution in [0.15, 0.2) is 12.1 Å². The average molecular weight is 627 g/mol. The summed E-state index contributed by atoms with van der Waals surface area (Å²) in [5.41, 5.74) is 2.26. The second kappa shape index (κ2) is 10.2. The molecule has 9 nitrogen and oxygen atoms in total. The lowest BCUT2D eigenvalue weighted by Crippen LogP contribution is -2.50. The van der Waals surface area contributed by atoms with Gasteiger partial charge in [0, 0.05) is 37.7 Å². The molecule has 2 N–H and O–H groups in total. The molecule has 7 rings (SSSR count). The van der Waals surface area contributed by atoms with Crippen molar-refractivity contribution in [2.24, 2.45) is 0 Å². The van der Waals surface area contributed by atoms with Gasteiger partial charge in [-0.2, -0.15) is 23.1 Å². The van der Waals surface area contributed by atoms with Crippen molar-refractivity contribution in [3.63, 3.8) is 0 Å². The van der Waals surface area contributed by atoms with Gasteiger partial charge in [-0.1, -0.05) is 11.6 Å². The number of nitrogens with zero attached hydrogens (tertiary/aromatic N) is 5. The fraction of sp³-hybridized carbons (Fsp3) is 0.536. The van der Waals surface area contributed by atoms with Crippen LogP contribution in [0.4, 0.5) is 33.5 Å². The number of aromatic nitrogens is 3. The SMILES string of the molecule is CN1c2nc(OC[C@@]34CCCN3C[C@H](F)C4)nc3c(F)c(-c4cc(N)cc(Cl)c4C(F)(F)F)nc(c23)O[C@H]2CCOC[C@@H]21. The first-order valence-corrected chi connectivity index (χ1v) is 14.4. The predicted molar refractivity (Wildman–Crippen MR) is 148 cm³/mol. The van der Waals surface area contributed by atoms with E-state index in [2.05, 4.69) is 19.9 Å². The molecule has 0 spiro atoms. The van der Waals surface area contributed by atoms with Gasteiger partial charge in [-0.15, -0.1) is 0 Å². The Morgan fingerprint density at radius 1 is 1.23 bits per heavy atom. The average Bonchev–Trinajstić information content (AvgIpc) is 3.43. The zero-order chi connectivity index (χ0) is 30.3. The number of nitrogen functional groups attached to an aromatic ring is 1. The molecule has 4 aliphatic heterocycles. The summed E-state index contributed by atoms with van der Waals surface area (Å²) in [7, 11) is 1.74. The lowest BCUT2D eigenvalue weighted by molar-refractivity contribution is -0.137. The van der Waals surface area contributed by atoms with Crippen LogP contribution in [0.5, 0.6) is 11.9 Å². The highest BCUT2D eigenvalue weighted by Crippen LogP contribution is 2.47. The van der Waals surface area contributed by atoms with E-state index in [1.807, 2.05) is 0 Å². The van der Waals surface area contributed by atoms with E-state index in [9.17, 15) is 17.6 Å². The van der Waals surface area contributed by atoms with Gasteiger partial charge in [-0.3, -0.25) is 4.90 Å².